The first-order valence-electron chi connectivity index (χ1n) is 9.61. The Morgan fingerprint density at radius 3 is 2.19 bits per heavy atom. The third kappa shape index (κ3) is 3.45. The normalized spacial score (nSPS) is 24.1. The summed E-state index contributed by atoms with van der Waals surface area (Å²) < 4.78 is 5.60. The number of fused-ring (bicyclic) bond motifs is 3. The molecule has 5 heteroatoms. The summed E-state index contributed by atoms with van der Waals surface area (Å²) >= 11 is 0. The third-order valence-corrected chi connectivity index (χ3v) is 6.00. The summed E-state index contributed by atoms with van der Waals surface area (Å²) in [5.74, 6) is 0.0352. The van der Waals surface area contributed by atoms with Gasteiger partial charge >= 0.3 is 6.09 Å². The van der Waals surface area contributed by atoms with Gasteiger partial charge in [-0.15, -0.1) is 0 Å². The molecule has 1 amide bonds. The summed E-state index contributed by atoms with van der Waals surface area (Å²) in [6, 6.07) is 16.7. The molecule has 0 saturated heterocycles. The van der Waals surface area contributed by atoms with E-state index in [1.54, 1.807) is 0 Å². The number of hydrogen-bond acceptors (Lipinski definition) is 4. The van der Waals surface area contributed by atoms with Gasteiger partial charge in [0.15, 0.2) is 0 Å². The Labute approximate surface area is 159 Å². The van der Waals surface area contributed by atoms with E-state index in [0.29, 0.717) is 12.8 Å². The molecule has 27 heavy (non-hydrogen) atoms. The van der Waals surface area contributed by atoms with Gasteiger partial charge in [0.1, 0.15) is 6.61 Å². The van der Waals surface area contributed by atoms with Gasteiger partial charge in [0.05, 0.1) is 12.1 Å². The van der Waals surface area contributed by atoms with Crippen LogP contribution in [0.25, 0.3) is 11.1 Å². The van der Waals surface area contributed by atoms with Gasteiger partial charge in [-0.05, 0) is 47.9 Å². The van der Waals surface area contributed by atoms with Crippen molar-refractivity contribution in [1.29, 1.82) is 0 Å². The van der Waals surface area contributed by atoms with Crippen LogP contribution in [0.1, 0.15) is 42.7 Å². The average Bonchev–Trinajstić information content (AvgIpc) is 3.02. The second-order valence-corrected chi connectivity index (χ2v) is 7.73. The van der Waals surface area contributed by atoms with E-state index in [1.807, 2.05) is 24.3 Å². The lowest BCUT2D eigenvalue weighted by Crippen LogP contribution is -2.55. The highest BCUT2D eigenvalue weighted by Crippen LogP contribution is 2.44. The summed E-state index contributed by atoms with van der Waals surface area (Å²) in [5.41, 5.74) is 10.1. The Balaban J connectivity index is 1.45. The van der Waals surface area contributed by atoms with E-state index in [9.17, 15) is 9.90 Å². The first kappa shape index (κ1) is 18.0. The summed E-state index contributed by atoms with van der Waals surface area (Å²) in [6.45, 7) is 0.185. The second-order valence-electron chi connectivity index (χ2n) is 7.73. The van der Waals surface area contributed by atoms with Crippen LogP contribution in [0.4, 0.5) is 4.79 Å². The lowest BCUT2D eigenvalue weighted by Gasteiger charge is -2.38. The fourth-order valence-electron chi connectivity index (χ4n) is 4.37. The van der Waals surface area contributed by atoms with Gasteiger partial charge in [0.25, 0.3) is 0 Å². The summed E-state index contributed by atoms with van der Waals surface area (Å²) in [7, 11) is 0. The molecule has 4 N–H and O–H groups in total. The van der Waals surface area contributed by atoms with E-state index < -0.39 is 11.6 Å². The van der Waals surface area contributed by atoms with Gasteiger partial charge < -0.3 is 20.9 Å². The zero-order valence-electron chi connectivity index (χ0n) is 15.4. The van der Waals surface area contributed by atoms with Crippen molar-refractivity contribution in [3.8, 4) is 11.1 Å². The Morgan fingerprint density at radius 1 is 1.07 bits per heavy atom. The third-order valence-electron chi connectivity index (χ3n) is 6.00. The molecule has 0 atom stereocenters. The first-order valence-corrected chi connectivity index (χ1v) is 9.61. The summed E-state index contributed by atoms with van der Waals surface area (Å²) in [6.07, 6.45) is 2.47. The van der Waals surface area contributed by atoms with Crippen LogP contribution >= 0.6 is 0 Å². The zero-order chi connectivity index (χ0) is 18.9. The van der Waals surface area contributed by atoms with E-state index in [1.165, 1.54) is 22.3 Å². The highest BCUT2D eigenvalue weighted by atomic mass is 16.5. The number of carbonyl (C=O) groups is 1. The van der Waals surface area contributed by atoms with Crippen molar-refractivity contribution < 1.29 is 14.6 Å². The number of aliphatic hydroxyl groups excluding tert-OH is 1. The van der Waals surface area contributed by atoms with E-state index in [2.05, 4.69) is 29.6 Å². The predicted molar refractivity (Wildman–Crippen MR) is 104 cm³/mol. The maximum atomic E-state index is 12.5. The molecule has 5 nitrogen and oxygen atoms in total. The molecule has 0 spiro atoms. The van der Waals surface area contributed by atoms with Crippen molar-refractivity contribution in [3.63, 3.8) is 0 Å². The molecule has 0 radical (unpaired) electrons. The summed E-state index contributed by atoms with van der Waals surface area (Å²) in [4.78, 5) is 12.5. The van der Waals surface area contributed by atoms with Crippen LogP contribution in [-0.2, 0) is 4.74 Å². The Bertz CT molecular complexity index is 782. The minimum absolute atomic E-state index is 0.0352. The predicted octanol–water partition coefficient (Wildman–Crippen LogP) is 3.16. The molecule has 1 saturated carbocycles. The molecule has 0 bridgehead atoms. The van der Waals surface area contributed by atoms with Gasteiger partial charge in [0, 0.05) is 12.0 Å². The van der Waals surface area contributed by atoms with Crippen LogP contribution in [0.5, 0.6) is 0 Å². The van der Waals surface area contributed by atoms with Crippen LogP contribution in [0.2, 0.25) is 0 Å². The van der Waals surface area contributed by atoms with E-state index >= 15 is 0 Å². The van der Waals surface area contributed by atoms with Crippen molar-refractivity contribution in [2.45, 2.75) is 43.2 Å². The van der Waals surface area contributed by atoms with Crippen molar-refractivity contribution in [2.24, 2.45) is 5.73 Å². The average molecular weight is 366 g/mol. The van der Waals surface area contributed by atoms with Crippen molar-refractivity contribution in [3.05, 3.63) is 59.7 Å². The molecule has 142 valence electrons. The first-order chi connectivity index (χ1) is 13.1. The van der Waals surface area contributed by atoms with Crippen molar-refractivity contribution >= 4 is 6.09 Å². The minimum Gasteiger partial charge on any atom is -0.449 e. The molecule has 2 aromatic rings. The number of aliphatic hydroxyl groups is 1. The fourth-order valence-corrected chi connectivity index (χ4v) is 4.37. The molecule has 4 rings (SSSR count). The molecule has 0 aliphatic heterocycles. The van der Waals surface area contributed by atoms with E-state index in [-0.39, 0.29) is 25.2 Å². The number of hydrogen-bond donors (Lipinski definition) is 3. The van der Waals surface area contributed by atoms with Crippen LogP contribution < -0.4 is 11.1 Å². The Kier molecular flexibility index (Phi) is 4.89. The van der Waals surface area contributed by atoms with Gasteiger partial charge in [-0.1, -0.05) is 48.5 Å². The number of amides is 1. The number of carbonyl (C=O) groups excluding carboxylic acids is 1. The largest absolute Gasteiger partial charge is 0.449 e. The number of alkyl carbamates (subject to hydrolysis) is 1. The maximum absolute atomic E-state index is 12.5. The highest BCUT2D eigenvalue weighted by Gasteiger charge is 2.36. The fraction of sp³-hybridized carbons (Fsp3) is 0.409. The number of benzene rings is 2. The van der Waals surface area contributed by atoms with E-state index in [0.717, 1.165) is 12.8 Å². The number of ether oxygens (including phenoxy) is 1. The van der Waals surface area contributed by atoms with Crippen LogP contribution in [0.15, 0.2) is 48.5 Å². The number of rotatable bonds is 4. The molecule has 2 aliphatic carbocycles. The van der Waals surface area contributed by atoms with Crippen LogP contribution in [-0.4, -0.2) is 36.0 Å². The molecular weight excluding hydrogens is 340 g/mol. The van der Waals surface area contributed by atoms with Gasteiger partial charge in [-0.25, -0.2) is 4.79 Å². The van der Waals surface area contributed by atoms with Crippen LogP contribution in [0, 0.1) is 0 Å². The number of nitrogens with one attached hydrogen (secondary N) is 1. The van der Waals surface area contributed by atoms with E-state index in [4.69, 9.17) is 10.5 Å². The van der Waals surface area contributed by atoms with Crippen molar-refractivity contribution in [1.82, 2.24) is 5.32 Å². The SMILES string of the molecule is NC1CCC(CO)(NC(=O)OCC2c3ccccc3-c3ccccc32)CC1. The maximum Gasteiger partial charge on any atom is 0.407 e. The molecule has 0 aromatic heterocycles. The minimum atomic E-state index is -0.613. The van der Waals surface area contributed by atoms with Crippen LogP contribution in [0.3, 0.4) is 0 Å². The summed E-state index contributed by atoms with van der Waals surface area (Å²) in [5, 5.41) is 12.7. The lowest BCUT2D eigenvalue weighted by atomic mass is 9.80. The zero-order valence-corrected chi connectivity index (χ0v) is 15.4. The van der Waals surface area contributed by atoms with Gasteiger partial charge in [0.2, 0.25) is 0 Å². The Morgan fingerprint density at radius 2 is 1.63 bits per heavy atom. The molecule has 2 aromatic carbocycles. The van der Waals surface area contributed by atoms with Gasteiger partial charge in [-0.3, -0.25) is 0 Å². The number of nitrogens with two attached hydrogens (primary N) is 1. The molecule has 0 heterocycles. The molecule has 0 unspecified atom stereocenters. The highest BCUT2D eigenvalue weighted by molar-refractivity contribution is 5.79. The monoisotopic (exact) mass is 366 g/mol. The standard InChI is InChI=1S/C22H26N2O3/c23-15-9-11-22(14-25,12-10-15)24-21(26)27-13-20-18-7-3-1-5-16(18)17-6-2-4-8-19(17)20/h1-8,15,20,25H,9-14,23H2,(H,24,26). The van der Waals surface area contributed by atoms with Gasteiger partial charge in [-0.2, -0.15) is 0 Å². The molecule has 1 fully saturated rings. The topological polar surface area (TPSA) is 84.6 Å². The van der Waals surface area contributed by atoms with Crippen molar-refractivity contribution in [2.75, 3.05) is 13.2 Å². The Hall–Kier alpha value is -2.37. The molecular formula is C22H26N2O3. The second kappa shape index (κ2) is 7.33. The lowest BCUT2D eigenvalue weighted by molar-refractivity contribution is 0.0878. The quantitative estimate of drug-likeness (QED) is 0.776. The smallest absolute Gasteiger partial charge is 0.407 e. The molecule has 2 aliphatic rings.